The molecule has 1 N–H and O–H groups in total. The highest BCUT2D eigenvalue weighted by atomic mass is 19.4. The summed E-state index contributed by atoms with van der Waals surface area (Å²) < 4.78 is 48.5. The Morgan fingerprint density at radius 3 is 2.56 bits per heavy atom. The van der Waals surface area contributed by atoms with Crippen LogP contribution in [-0.4, -0.2) is 29.5 Å². The van der Waals surface area contributed by atoms with Crippen LogP contribution in [0.2, 0.25) is 0 Å². The number of fused-ring (bicyclic) bond motifs is 3. The molecule has 0 saturated carbocycles. The summed E-state index contributed by atoms with van der Waals surface area (Å²) in [5.74, 6) is -1.48. The molecule has 0 amide bonds. The van der Waals surface area contributed by atoms with E-state index in [1.54, 1.807) is 0 Å². The Hall–Kier alpha value is -2.18. The van der Waals surface area contributed by atoms with Crippen LogP contribution >= 0.6 is 0 Å². The van der Waals surface area contributed by atoms with Gasteiger partial charge in [-0.15, -0.1) is 0 Å². The second-order valence-electron chi connectivity index (χ2n) is 10.9. The topological polar surface area (TPSA) is 55.8 Å². The lowest BCUT2D eigenvalue weighted by atomic mass is 9.66. The highest BCUT2D eigenvalue weighted by Crippen LogP contribution is 2.55. The molecule has 2 aliphatic rings. The lowest BCUT2D eigenvalue weighted by Gasteiger charge is -2.47. The van der Waals surface area contributed by atoms with Gasteiger partial charge < -0.3 is 14.6 Å². The van der Waals surface area contributed by atoms with Gasteiger partial charge in [0.1, 0.15) is 23.7 Å². The van der Waals surface area contributed by atoms with Crippen molar-refractivity contribution < 1.29 is 32.5 Å². The first kappa shape index (κ1) is 26.4. The Morgan fingerprint density at radius 2 is 1.91 bits per heavy atom. The van der Waals surface area contributed by atoms with Gasteiger partial charge in [-0.05, 0) is 61.8 Å². The van der Waals surface area contributed by atoms with Gasteiger partial charge in [0.05, 0.1) is 0 Å². The van der Waals surface area contributed by atoms with Crippen molar-refractivity contribution in [3.8, 4) is 11.5 Å². The molecule has 0 unspecified atom stereocenters. The standard InChI is InChI=1S/C27H37F3O4/c1-6-7-8-9-12-25(2,3)18-14-21(31)23-19-13-17(16-33-24(32)27(28,29)30)10-11-20(19)26(4,5)34-22(23)15-18/h10,14-15,19-20,31H,6-9,11-13,16H2,1-5H3/t19-,20-/m0/s1. The minimum absolute atomic E-state index is 0.0425. The Labute approximate surface area is 200 Å². The molecule has 0 fully saturated rings. The van der Waals surface area contributed by atoms with Gasteiger partial charge in [-0.3, -0.25) is 0 Å². The number of phenolic OH excluding ortho intramolecular Hbond substituents is 1. The summed E-state index contributed by atoms with van der Waals surface area (Å²) in [7, 11) is 0. The number of rotatable bonds is 8. The fourth-order valence-electron chi connectivity index (χ4n) is 5.35. The van der Waals surface area contributed by atoms with Gasteiger partial charge in [0.2, 0.25) is 0 Å². The molecule has 4 nitrogen and oxygen atoms in total. The largest absolute Gasteiger partial charge is 0.508 e. The van der Waals surface area contributed by atoms with E-state index < -0.39 is 24.4 Å². The predicted octanol–water partition coefficient (Wildman–Crippen LogP) is 7.34. The highest BCUT2D eigenvalue weighted by molar-refractivity contribution is 5.75. The Kier molecular flexibility index (Phi) is 7.63. The average molecular weight is 483 g/mol. The molecule has 7 heteroatoms. The van der Waals surface area contributed by atoms with E-state index in [9.17, 15) is 23.1 Å². The Bertz CT molecular complexity index is 931. The first-order valence-corrected chi connectivity index (χ1v) is 12.2. The minimum Gasteiger partial charge on any atom is -0.508 e. The van der Waals surface area contributed by atoms with Crippen LogP contribution in [0.3, 0.4) is 0 Å². The third-order valence-electron chi connectivity index (χ3n) is 7.44. The van der Waals surface area contributed by atoms with Crippen molar-refractivity contribution in [2.45, 2.75) is 103 Å². The maximum Gasteiger partial charge on any atom is 0.490 e. The third kappa shape index (κ3) is 5.72. The molecule has 1 aromatic rings. The van der Waals surface area contributed by atoms with Crippen molar-refractivity contribution in [2.24, 2.45) is 5.92 Å². The molecule has 1 heterocycles. The molecule has 3 rings (SSSR count). The molecule has 0 spiro atoms. The molecule has 34 heavy (non-hydrogen) atoms. The number of hydrogen-bond acceptors (Lipinski definition) is 4. The molecule has 2 atom stereocenters. The van der Waals surface area contributed by atoms with Gasteiger partial charge >= 0.3 is 12.1 Å². The van der Waals surface area contributed by atoms with E-state index in [1.165, 1.54) is 19.3 Å². The maximum absolute atomic E-state index is 12.5. The van der Waals surface area contributed by atoms with E-state index in [0.717, 1.165) is 18.4 Å². The zero-order chi connectivity index (χ0) is 25.3. The van der Waals surface area contributed by atoms with Crippen LogP contribution in [0.5, 0.6) is 11.5 Å². The van der Waals surface area contributed by atoms with E-state index >= 15 is 0 Å². The number of carbonyl (C=O) groups excluding carboxylic acids is 1. The second kappa shape index (κ2) is 9.82. The molecular formula is C27H37F3O4. The van der Waals surface area contributed by atoms with Crippen molar-refractivity contribution >= 4 is 5.97 Å². The van der Waals surface area contributed by atoms with Gasteiger partial charge in [-0.2, -0.15) is 13.2 Å². The number of carbonyl (C=O) groups is 1. The first-order valence-electron chi connectivity index (χ1n) is 12.2. The van der Waals surface area contributed by atoms with E-state index in [0.29, 0.717) is 29.7 Å². The van der Waals surface area contributed by atoms with Crippen molar-refractivity contribution in [1.29, 1.82) is 0 Å². The molecule has 1 aliphatic heterocycles. The fraction of sp³-hybridized carbons (Fsp3) is 0.667. The summed E-state index contributed by atoms with van der Waals surface area (Å²) in [6, 6.07) is 3.84. The normalized spacial score (nSPS) is 21.7. The monoisotopic (exact) mass is 482 g/mol. The number of unbranched alkanes of at least 4 members (excludes halogenated alkanes) is 3. The molecule has 0 bridgehead atoms. The quantitative estimate of drug-likeness (QED) is 0.239. The summed E-state index contributed by atoms with van der Waals surface area (Å²) in [5.41, 5.74) is 1.69. The highest BCUT2D eigenvalue weighted by Gasteiger charge is 2.47. The molecule has 0 saturated heterocycles. The number of esters is 1. The van der Waals surface area contributed by atoms with Crippen LogP contribution in [0, 0.1) is 5.92 Å². The lowest BCUT2D eigenvalue weighted by Crippen LogP contribution is -2.45. The number of halogens is 3. The van der Waals surface area contributed by atoms with E-state index in [1.807, 2.05) is 32.1 Å². The van der Waals surface area contributed by atoms with E-state index in [-0.39, 0.29) is 23.0 Å². The van der Waals surface area contributed by atoms with Crippen LogP contribution < -0.4 is 4.74 Å². The van der Waals surface area contributed by atoms with Crippen molar-refractivity contribution in [3.05, 3.63) is 34.9 Å². The minimum atomic E-state index is -5.01. The van der Waals surface area contributed by atoms with Gasteiger partial charge in [-0.1, -0.05) is 52.5 Å². The van der Waals surface area contributed by atoms with Gasteiger partial charge in [0.15, 0.2) is 0 Å². The zero-order valence-electron chi connectivity index (χ0n) is 20.8. The lowest BCUT2D eigenvalue weighted by molar-refractivity contribution is -0.198. The summed E-state index contributed by atoms with van der Waals surface area (Å²) >= 11 is 0. The molecule has 1 aromatic carbocycles. The van der Waals surface area contributed by atoms with Crippen LogP contribution in [0.4, 0.5) is 13.2 Å². The summed E-state index contributed by atoms with van der Waals surface area (Å²) in [4.78, 5) is 11.2. The number of alkyl halides is 3. The van der Waals surface area contributed by atoms with Crippen molar-refractivity contribution in [2.75, 3.05) is 6.61 Å². The van der Waals surface area contributed by atoms with Gasteiger partial charge in [0.25, 0.3) is 0 Å². The molecular weight excluding hydrogens is 445 g/mol. The van der Waals surface area contributed by atoms with Gasteiger partial charge in [-0.25, -0.2) is 4.79 Å². The number of allylic oxidation sites excluding steroid dienone is 1. The Balaban J connectivity index is 1.85. The van der Waals surface area contributed by atoms with E-state index in [2.05, 4.69) is 25.5 Å². The second-order valence-corrected chi connectivity index (χ2v) is 10.9. The summed E-state index contributed by atoms with van der Waals surface area (Å²) in [6.07, 6.45) is 3.48. The van der Waals surface area contributed by atoms with Crippen LogP contribution in [0.1, 0.15) is 96.6 Å². The van der Waals surface area contributed by atoms with E-state index in [4.69, 9.17) is 4.74 Å². The van der Waals surface area contributed by atoms with Crippen molar-refractivity contribution in [1.82, 2.24) is 0 Å². The number of ether oxygens (including phenoxy) is 2. The molecule has 0 aromatic heterocycles. The molecule has 0 radical (unpaired) electrons. The maximum atomic E-state index is 12.5. The number of aromatic hydroxyl groups is 1. The van der Waals surface area contributed by atoms with Crippen molar-refractivity contribution in [3.63, 3.8) is 0 Å². The van der Waals surface area contributed by atoms with Crippen LogP contribution in [0.25, 0.3) is 0 Å². The average Bonchev–Trinajstić information content (AvgIpc) is 2.73. The van der Waals surface area contributed by atoms with Gasteiger partial charge in [0, 0.05) is 17.4 Å². The summed E-state index contributed by atoms with van der Waals surface area (Å²) in [5, 5.41) is 11.1. The zero-order valence-corrected chi connectivity index (χ0v) is 20.8. The Morgan fingerprint density at radius 1 is 1.21 bits per heavy atom. The molecule has 1 aliphatic carbocycles. The third-order valence-corrected chi connectivity index (χ3v) is 7.44. The number of phenols is 1. The predicted molar refractivity (Wildman–Crippen MR) is 125 cm³/mol. The number of benzene rings is 1. The fourth-order valence-corrected chi connectivity index (χ4v) is 5.35. The first-order chi connectivity index (χ1) is 15.8. The smallest absolute Gasteiger partial charge is 0.490 e. The van der Waals surface area contributed by atoms with Crippen LogP contribution in [0.15, 0.2) is 23.8 Å². The number of hydrogen-bond donors (Lipinski definition) is 1. The van der Waals surface area contributed by atoms with Crippen LogP contribution in [-0.2, 0) is 14.9 Å². The SMILES string of the molecule is CCCCCCC(C)(C)c1cc(O)c2c(c1)OC(C)(C)[C@H]1CC=C(COC(=O)C(F)(F)F)C[C@H]21. The summed E-state index contributed by atoms with van der Waals surface area (Å²) in [6.45, 7) is 10.2. The molecule has 190 valence electrons.